The van der Waals surface area contributed by atoms with Crippen LogP contribution in [0.2, 0.25) is 0 Å². The SMILES string of the molecule is CC(NC(=O)[C@@H]1C[C@H]1c1nc2ccccc2[nH]1)C(=O)NC1CN(C(=O)OC(C)(C)C)C1. The van der Waals surface area contributed by atoms with Crippen molar-refractivity contribution in [2.45, 2.75) is 57.7 Å². The Labute approximate surface area is 180 Å². The zero-order valence-electron chi connectivity index (χ0n) is 18.3. The smallest absolute Gasteiger partial charge is 0.410 e. The number of carbonyl (C=O) groups is 3. The van der Waals surface area contributed by atoms with E-state index in [0.717, 1.165) is 16.9 Å². The number of H-pyrrole nitrogens is 1. The van der Waals surface area contributed by atoms with E-state index < -0.39 is 11.6 Å². The number of fused-ring (bicyclic) bond motifs is 1. The number of para-hydroxylation sites is 2. The predicted molar refractivity (Wildman–Crippen MR) is 114 cm³/mol. The van der Waals surface area contributed by atoms with Crippen LogP contribution < -0.4 is 10.6 Å². The second-order valence-corrected chi connectivity index (χ2v) is 9.41. The van der Waals surface area contributed by atoms with Gasteiger partial charge in [0.15, 0.2) is 0 Å². The van der Waals surface area contributed by atoms with Gasteiger partial charge in [0.2, 0.25) is 11.8 Å². The number of benzene rings is 1. The van der Waals surface area contributed by atoms with Crippen molar-refractivity contribution in [1.82, 2.24) is 25.5 Å². The number of likely N-dealkylation sites (tertiary alicyclic amines) is 1. The first-order chi connectivity index (χ1) is 14.6. The molecule has 1 aliphatic heterocycles. The van der Waals surface area contributed by atoms with Crippen molar-refractivity contribution >= 4 is 28.9 Å². The summed E-state index contributed by atoms with van der Waals surface area (Å²) in [5, 5.41) is 5.66. The van der Waals surface area contributed by atoms with E-state index in [-0.39, 0.29) is 35.8 Å². The van der Waals surface area contributed by atoms with Crippen molar-refractivity contribution in [3.8, 4) is 0 Å². The van der Waals surface area contributed by atoms with Crippen molar-refractivity contribution in [3.63, 3.8) is 0 Å². The number of ether oxygens (including phenoxy) is 1. The molecular formula is C22H29N5O4. The van der Waals surface area contributed by atoms with Crippen LogP contribution in [0.5, 0.6) is 0 Å². The maximum atomic E-state index is 12.6. The van der Waals surface area contributed by atoms with Crippen molar-refractivity contribution in [3.05, 3.63) is 30.1 Å². The average molecular weight is 428 g/mol. The fourth-order valence-electron chi connectivity index (χ4n) is 3.69. The minimum absolute atomic E-state index is 0.0525. The number of amides is 3. The van der Waals surface area contributed by atoms with Crippen LogP contribution in [0.3, 0.4) is 0 Å². The molecule has 1 unspecified atom stereocenters. The lowest BCUT2D eigenvalue weighted by atomic mass is 10.1. The van der Waals surface area contributed by atoms with Crippen LogP contribution in [-0.2, 0) is 14.3 Å². The fraction of sp³-hybridized carbons (Fsp3) is 0.545. The number of imidazole rings is 1. The molecule has 9 heteroatoms. The maximum Gasteiger partial charge on any atom is 0.410 e. The van der Waals surface area contributed by atoms with Crippen molar-refractivity contribution < 1.29 is 19.1 Å². The molecule has 1 aliphatic carbocycles. The summed E-state index contributed by atoms with van der Waals surface area (Å²) < 4.78 is 5.30. The molecule has 3 N–H and O–H groups in total. The second-order valence-electron chi connectivity index (χ2n) is 9.41. The summed E-state index contributed by atoms with van der Waals surface area (Å²) in [4.78, 5) is 46.3. The van der Waals surface area contributed by atoms with Gasteiger partial charge in [-0.2, -0.15) is 0 Å². The first kappa shape index (κ1) is 21.1. The summed E-state index contributed by atoms with van der Waals surface area (Å²) >= 11 is 0. The molecule has 3 amide bonds. The molecular weight excluding hydrogens is 398 g/mol. The van der Waals surface area contributed by atoms with Crippen LogP contribution in [-0.4, -0.2) is 63.5 Å². The summed E-state index contributed by atoms with van der Waals surface area (Å²) in [6, 6.07) is 6.97. The Kier molecular flexibility index (Phi) is 5.36. The summed E-state index contributed by atoms with van der Waals surface area (Å²) in [6.45, 7) is 7.90. The van der Waals surface area contributed by atoms with Gasteiger partial charge in [0, 0.05) is 24.9 Å². The molecule has 4 rings (SSSR count). The zero-order valence-corrected chi connectivity index (χ0v) is 18.3. The van der Waals surface area contributed by atoms with E-state index in [9.17, 15) is 14.4 Å². The van der Waals surface area contributed by atoms with Gasteiger partial charge >= 0.3 is 6.09 Å². The van der Waals surface area contributed by atoms with E-state index in [1.807, 2.05) is 45.0 Å². The van der Waals surface area contributed by atoms with E-state index in [2.05, 4.69) is 20.6 Å². The van der Waals surface area contributed by atoms with Crippen molar-refractivity contribution in [2.24, 2.45) is 5.92 Å². The number of aromatic nitrogens is 2. The Morgan fingerprint density at radius 2 is 1.94 bits per heavy atom. The minimum atomic E-state index is -0.653. The van der Waals surface area contributed by atoms with Gasteiger partial charge in [-0.15, -0.1) is 0 Å². The largest absolute Gasteiger partial charge is 0.444 e. The van der Waals surface area contributed by atoms with Crippen LogP contribution in [0.15, 0.2) is 24.3 Å². The summed E-state index contributed by atoms with van der Waals surface area (Å²) in [5.74, 6) is 0.286. The van der Waals surface area contributed by atoms with Gasteiger partial charge in [-0.25, -0.2) is 9.78 Å². The molecule has 0 radical (unpaired) electrons. The maximum absolute atomic E-state index is 12.6. The molecule has 31 heavy (non-hydrogen) atoms. The predicted octanol–water partition coefficient (Wildman–Crippen LogP) is 1.91. The van der Waals surface area contributed by atoms with Crippen molar-refractivity contribution in [2.75, 3.05) is 13.1 Å². The first-order valence-corrected chi connectivity index (χ1v) is 10.6. The highest BCUT2D eigenvalue weighted by Gasteiger charge is 2.46. The van der Waals surface area contributed by atoms with Gasteiger partial charge in [0.05, 0.1) is 17.1 Å². The zero-order chi connectivity index (χ0) is 22.3. The lowest BCUT2D eigenvalue weighted by Crippen LogP contribution is -2.63. The molecule has 2 aromatic rings. The third kappa shape index (κ3) is 4.81. The summed E-state index contributed by atoms with van der Waals surface area (Å²) in [6.07, 6.45) is 0.331. The van der Waals surface area contributed by atoms with Crippen LogP contribution >= 0.6 is 0 Å². The number of nitrogens with zero attached hydrogens (tertiary/aromatic N) is 2. The third-order valence-corrected chi connectivity index (χ3v) is 5.52. The van der Waals surface area contributed by atoms with E-state index in [1.165, 1.54) is 0 Å². The van der Waals surface area contributed by atoms with Gasteiger partial charge in [-0.1, -0.05) is 12.1 Å². The summed E-state index contributed by atoms with van der Waals surface area (Å²) in [7, 11) is 0. The molecule has 9 nitrogen and oxygen atoms in total. The van der Waals surface area contributed by atoms with E-state index in [0.29, 0.717) is 19.5 Å². The molecule has 3 atom stereocenters. The van der Waals surface area contributed by atoms with Gasteiger partial charge in [0.25, 0.3) is 0 Å². The lowest BCUT2D eigenvalue weighted by molar-refractivity contribution is -0.130. The lowest BCUT2D eigenvalue weighted by Gasteiger charge is -2.40. The molecule has 1 saturated carbocycles. The molecule has 0 spiro atoms. The Morgan fingerprint density at radius 1 is 1.23 bits per heavy atom. The van der Waals surface area contributed by atoms with Gasteiger partial charge in [-0.3, -0.25) is 9.59 Å². The first-order valence-electron chi connectivity index (χ1n) is 10.6. The van der Waals surface area contributed by atoms with Gasteiger partial charge in [0.1, 0.15) is 17.5 Å². The molecule has 1 saturated heterocycles. The second kappa shape index (κ2) is 7.86. The molecule has 1 aromatic heterocycles. The number of nitrogens with one attached hydrogen (secondary N) is 3. The highest BCUT2D eigenvalue weighted by Crippen LogP contribution is 2.46. The Hall–Kier alpha value is -3.10. The molecule has 1 aromatic carbocycles. The summed E-state index contributed by atoms with van der Waals surface area (Å²) in [5.41, 5.74) is 1.29. The number of hydrogen-bond acceptors (Lipinski definition) is 5. The minimum Gasteiger partial charge on any atom is -0.444 e. The fourth-order valence-corrected chi connectivity index (χ4v) is 3.69. The quantitative estimate of drug-likeness (QED) is 0.674. The number of aromatic amines is 1. The Bertz CT molecular complexity index is 972. The highest BCUT2D eigenvalue weighted by atomic mass is 16.6. The van der Waals surface area contributed by atoms with Gasteiger partial charge in [-0.05, 0) is 46.2 Å². The van der Waals surface area contributed by atoms with E-state index in [1.54, 1.807) is 11.8 Å². The third-order valence-electron chi connectivity index (χ3n) is 5.52. The molecule has 166 valence electrons. The van der Waals surface area contributed by atoms with Crippen LogP contribution in [0.1, 0.15) is 45.9 Å². The standard InChI is InChI=1S/C22H29N5O4/c1-12(19(28)24-13-10-27(11-13)21(30)31-22(2,3)4)23-20(29)15-9-14(15)18-25-16-7-5-6-8-17(16)26-18/h5-8,12-15H,9-11H2,1-4H3,(H,23,29)(H,24,28)(H,25,26)/t12?,14-,15-/m1/s1. The van der Waals surface area contributed by atoms with E-state index >= 15 is 0 Å². The highest BCUT2D eigenvalue weighted by molar-refractivity contribution is 5.90. The van der Waals surface area contributed by atoms with Gasteiger partial charge < -0.3 is 25.3 Å². The normalized spacial score (nSPS) is 21.9. The molecule has 2 aliphatic rings. The average Bonchev–Trinajstić information content (AvgIpc) is 3.34. The van der Waals surface area contributed by atoms with Crippen LogP contribution in [0.4, 0.5) is 4.79 Å². The van der Waals surface area contributed by atoms with Crippen LogP contribution in [0, 0.1) is 5.92 Å². The van der Waals surface area contributed by atoms with E-state index in [4.69, 9.17) is 4.74 Å². The Morgan fingerprint density at radius 3 is 2.61 bits per heavy atom. The molecule has 0 bridgehead atoms. The molecule has 2 fully saturated rings. The molecule has 2 heterocycles. The topological polar surface area (TPSA) is 116 Å². The monoisotopic (exact) mass is 427 g/mol. The van der Waals surface area contributed by atoms with Crippen LogP contribution in [0.25, 0.3) is 11.0 Å². The van der Waals surface area contributed by atoms with Crippen molar-refractivity contribution in [1.29, 1.82) is 0 Å². The number of carbonyl (C=O) groups excluding carboxylic acids is 3. The Balaban J connectivity index is 1.21. The number of hydrogen-bond donors (Lipinski definition) is 3. The number of rotatable bonds is 5.